The molecule has 0 radical (unpaired) electrons. The molecule has 0 unspecified atom stereocenters. The normalized spacial score (nSPS) is 10.7. The van der Waals surface area contributed by atoms with Gasteiger partial charge in [-0.1, -0.05) is 11.6 Å². The van der Waals surface area contributed by atoms with Crippen LogP contribution >= 0.6 is 39.7 Å². The number of aromatic nitrogens is 4. The Morgan fingerprint density at radius 2 is 1.95 bits per heavy atom. The van der Waals surface area contributed by atoms with Gasteiger partial charge >= 0.3 is 0 Å². The Kier molecular flexibility index (Phi) is 3.69. The van der Waals surface area contributed by atoms with E-state index in [-0.39, 0.29) is 0 Å². The number of pyridine rings is 1. The number of hydrogen-bond donors (Lipinski definition) is 1. The predicted molar refractivity (Wildman–Crippen MR) is 84.7 cm³/mol. The van der Waals surface area contributed by atoms with Crippen molar-refractivity contribution in [2.24, 2.45) is 0 Å². The molecule has 0 aliphatic carbocycles. The Morgan fingerprint density at radius 1 is 1.20 bits per heavy atom. The van der Waals surface area contributed by atoms with Gasteiger partial charge in [0.1, 0.15) is 0 Å². The van der Waals surface area contributed by atoms with Crippen LogP contribution in [0, 0.1) is 4.77 Å². The van der Waals surface area contributed by atoms with E-state index in [4.69, 9.17) is 23.8 Å². The second-order valence-electron chi connectivity index (χ2n) is 4.02. The number of nitrogens with zero attached hydrogens (tertiary/aromatic N) is 3. The molecule has 0 fully saturated rings. The van der Waals surface area contributed by atoms with Gasteiger partial charge in [-0.2, -0.15) is 5.10 Å². The molecule has 0 aliphatic heterocycles. The van der Waals surface area contributed by atoms with Crippen LogP contribution in [-0.4, -0.2) is 19.7 Å². The van der Waals surface area contributed by atoms with Gasteiger partial charge in [0.15, 0.2) is 10.6 Å². The molecule has 0 saturated carbocycles. The summed E-state index contributed by atoms with van der Waals surface area (Å²) >= 11 is 14.8. The summed E-state index contributed by atoms with van der Waals surface area (Å²) in [6, 6.07) is 9.37. The first-order chi connectivity index (χ1) is 9.66. The van der Waals surface area contributed by atoms with Gasteiger partial charge in [0.05, 0.1) is 10.7 Å². The van der Waals surface area contributed by atoms with Gasteiger partial charge in [-0.15, -0.1) is 0 Å². The fourth-order valence-corrected chi connectivity index (χ4v) is 2.58. The molecule has 7 heteroatoms. The maximum absolute atomic E-state index is 6.02. The van der Waals surface area contributed by atoms with E-state index in [9.17, 15) is 0 Å². The first-order valence-electron chi connectivity index (χ1n) is 5.70. The first-order valence-corrected chi connectivity index (χ1v) is 7.28. The molecule has 0 amide bonds. The van der Waals surface area contributed by atoms with Crippen LogP contribution in [-0.2, 0) is 0 Å². The number of aromatic amines is 1. The predicted octanol–water partition coefficient (Wildman–Crippen LogP) is 4.41. The van der Waals surface area contributed by atoms with Gasteiger partial charge in [0.25, 0.3) is 0 Å². The lowest BCUT2D eigenvalue weighted by Crippen LogP contribution is -1.98. The van der Waals surface area contributed by atoms with Gasteiger partial charge in [0.2, 0.25) is 0 Å². The van der Waals surface area contributed by atoms with E-state index in [2.05, 4.69) is 31.1 Å². The zero-order valence-electron chi connectivity index (χ0n) is 10.0. The van der Waals surface area contributed by atoms with Crippen molar-refractivity contribution in [3.8, 4) is 17.1 Å². The summed E-state index contributed by atoms with van der Waals surface area (Å²) in [5.74, 6) is 0.728. The summed E-state index contributed by atoms with van der Waals surface area (Å²) in [5.41, 5.74) is 1.81. The number of nitrogens with one attached hydrogen (secondary N) is 1. The molecule has 0 atom stereocenters. The minimum atomic E-state index is 0.519. The topological polar surface area (TPSA) is 46.5 Å². The van der Waals surface area contributed by atoms with Crippen molar-refractivity contribution in [1.82, 2.24) is 19.7 Å². The highest BCUT2D eigenvalue weighted by Gasteiger charge is 2.11. The molecule has 4 nitrogen and oxygen atoms in total. The van der Waals surface area contributed by atoms with Crippen LogP contribution in [0.25, 0.3) is 17.1 Å². The van der Waals surface area contributed by atoms with Gasteiger partial charge in [-0.05, 0) is 58.5 Å². The van der Waals surface area contributed by atoms with Crippen molar-refractivity contribution in [3.63, 3.8) is 0 Å². The zero-order valence-corrected chi connectivity index (χ0v) is 13.2. The molecule has 20 heavy (non-hydrogen) atoms. The molecule has 2 aromatic heterocycles. The Bertz CT molecular complexity index is 813. The number of rotatable bonds is 2. The highest BCUT2D eigenvalue weighted by molar-refractivity contribution is 9.10. The third-order valence-corrected chi connectivity index (χ3v) is 4.26. The molecule has 0 spiro atoms. The maximum Gasteiger partial charge on any atom is 0.200 e. The zero-order chi connectivity index (χ0) is 14.1. The third-order valence-electron chi connectivity index (χ3n) is 2.77. The molecule has 1 N–H and O–H groups in total. The summed E-state index contributed by atoms with van der Waals surface area (Å²) in [6.45, 7) is 0. The minimum absolute atomic E-state index is 0.519. The van der Waals surface area contributed by atoms with Crippen molar-refractivity contribution in [3.05, 3.63) is 57.0 Å². The van der Waals surface area contributed by atoms with E-state index < -0.39 is 0 Å². The number of benzene rings is 1. The van der Waals surface area contributed by atoms with Crippen molar-refractivity contribution < 1.29 is 0 Å². The van der Waals surface area contributed by atoms with E-state index >= 15 is 0 Å². The number of halogens is 2. The molecule has 100 valence electrons. The maximum atomic E-state index is 6.02. The largest absolute Gasteiger partial charge is 0.268 e. The highest BCUT2D eigenvalue weighted by atomic mass is 79.9. The first kappa shape index (κ1) is 13.5. The monoisotopic (exact) mass is 366 g/mol. The molecule has 0 saturated heterocycles. The highest BCUT2D eigenvalue weighted by Crippen LogP contribution is 2.27. The summed E-state index contributed by atoms with van der Waals surface area (Å²) in [4.78, 5) is 4.01. The Labute approximate surface area is 133 Å². The molecular formula is C13H8BrClN4S. The molecule has 3 aromatic rings. The van der Waals surface area contributed by atoms with E-state index in [1.807, 2.05) is 34.9 Å². The van der Waals surface area contributed by atoms with Crippen molar-refractivity contribution in [2.45, 2.75) is 0 Å². The van der Waals surface area contributed by atoms with E-state index in [1.165, 1.54) is 0 Å². The van der Waals surface area contributed by atoms with Crippen LogP contribution in [0.5, 0.6) is 0 Å². The van der Waals surface area contributed by atoms with Crippen LogP contribution in [0.15, 0.2) is 47.2 Å². The summed E-state index contributed by atoms with van der Waals surface area (Å²) in [7, 11) is 0. The molecule has 0 aliphatic rings. The van der Waals surface area contributed by atoms with Crippen LogP contribution in [0.2, 0.25) is 5.02 Å². The molecule has 1 aromatic carbocycles. The molecule has 0 bridgehead atoms. The molecule has 3 rings (SSSR count). The molecule has 2 heterocycles. The van der Waals surface area contributed by atoms with E-state index in [1.54, 1.807) is 12.4 Å². The van der Waals surface area contributed by atoms with Crippen molar-refractivity contribution in [1.29, 1.82) is 0 Å². The van der Waals surface area contributed by atoms with Gasteiger partial charge in [-0.25, -0.2) is 0 Å². The SMILES string of the molecule is S=c1[nH]nc(-c2ccncc2)n1-c1ccc(Cl)c(Br)c1. The second kappa shape index (κ2) is 5.47. The average Bonchev–Trinajstić information content (AvgIpc) is 2.85. The Balaban J connectivity index is 2.22. The van der Waals surface area contributed by atoms with Crippen LogP contribution < -0.4 is 0 Å². The number of H-pyrrole nitrogens is 1. The summed E-state index contributed by atoms with van der Waals surface area (Å²) in [5, 5.41) is 7.75. The Morgan fingerprint density at radius 3 is 2.65 bits per heavy atom. The second-order valence-corrected chi connectivity index (χ2v) is 5.67. The van der Waals surface area contributed by atoms with Crippen molar-refractivity contribution >= 4 is 39.7 Å². The summed E-state index contributed by atoms with van der Waals surface area (Å²) in [6.07, 6.45) is 3.43. The number of hydrogen-bond acceptors (Lipinski definition) is 3. The minimum Gasteiger partial charge on any atom is -0.268 e. The third kappa shape index (κ3) is 2.42. The fourth-order valence-electron chi connectivity index (χ4n) is 1.86. The van der Waals surface area contributed by atoms with Crippen molar-refractivity contribution in [2.75, 3.05) is 0 Å². The van der Waals surface area contributed by atoms with Gasteiger partial charge in [-0.3, -0.25) is 14.6 Å². The van der Waals surface area contributed by atoms with Gasteiger partial charge in [0, 0.05) is 22.4 Å². The average molecular weight is 368 g/mol. The Hall–Kier alpha value is -1.50. The lowest BCUT2D eigenvalue weighted by molar-refractivity contribution is 1.03. The standard InChI is InChI=1S/C13H8BrClN4S/c14-10-7-9(1-2-11(10)15)19-12(17-18-13(19)20)8-3-5-16-6-4-8/h1-7H,(H,18,20). The molecular weight excluding hydrogens is 360 g/mol. The smallest absolute Gasteiger partial charge is 0.200 e. The fraction of sp³-hybridized carbons (Fsp3) is 0. The van der Waals surface area contributed by atoms with Gasteiger partial charge < -0.3 is 0 Å². The summed E-state index contributed by atoms with van der Waals surface area (Å²) < 4.78 is 3.18. The van der Waals surface area contributed by atoms with E-state index in [0.29, 0.717) is 9.79 Å². The lowest BCUT2D eigenvalue weighted by Gasteiger charge is -2.08. The quantitative estimate of drug-likeness (QED) is 0.683. The van der Waals surface area contributed by atoms with Crippen LogP contribution in [0.4, 0.5) is 0 Å². The van der Waals surface area contributed by atoms with Crippen LogP contribution in [0.3, 0.4) is 0 Å². The van der Waals surface area contributed by atoms with E-state index in [0.717, 1.165) is 21.5 Å². The van der Waals surface area contributed by atoms with Crippen LogP contribution in [0.1, 0.15) is 0 Å². The lowest BCUT2D eigenvalue weighted by atomic mass is 10.2.